The Morgan fingerprint density at radius 1 is 1.21 bits per heavy atom. The van der Waals surface area contributed by atoms with Crippen LogP contribution in [-0.2, 0) is 21.5 Å². The molecule has 28 heavy (non-hydrogen) atoms. The summed E-state index contributed by atoms with van der Waals surface area (Å²) < 4.78 is 46.1. The SMILES string of the molecule is COc1ccccc1NC(=O)CN1CCN(Cc2ccc(F)cc2Cl)S1(=O)=O. The molecule has 1 heterocycles. The maximum Gasteiger partial charge on any atom is 0.282 e. The van der Waals surface area contributed by atoms with E-state index in [0.29, 0.717) is 17.0 Å². The average Bonchev–Trinajstić information content (AvgIpc) is 2.92. The van der Waals surface area contributed by atoms with Gasteiger partial charge in [-0.25, -0.2) is 4.39 Å². The maximum absolute atomic E-state index is 13.2. The van der Waals surface area contributed by atoms with Gasteiger partial charge in [-0.05, 0) is 29.8 Å². The first-order valence-corrected chi connectivity index (χ1v) is 10.2. The highest BCUT2D eigenvalue weighted by atomic mass is 35.5. The fourth-order valence-electron chi connectivity index (χ4n) is 2.88. The van der Waals surface area contributed by atoms with Crippen LogP contribution in [0.25, 0.3) is 0 Å². The summed E-state index contributed by atoms with van der Waals surface area (Å²) in [5.41, 5.74) is 0.952. The van der Waals surface area contributed by atoms with Crippen LogP contribution in [0.1, 0.15) is 5.56 Å². The molecule has 1 fully saturated rings. The smallest absolute Gasteiger partial charge is 0.282 e. The number of rotatable bonds is 6. The van der Waals surface area contributed by atoms with Gasteiger partial charge in [-0.3, -0.25) is 4.79 Å². The molecule has 0 spiro atoms. The molecular weight excluding hydrogens is 409 g/mol. The van der Waals surface area contributed by atoms with E-state index in [2.05, 4.69) is 5.32 Å². The second kappa shape index (κ2) is 8.44. The van der Waals surface area contributed by atoms with Crippen molar-refractivity contribution in [2.45, 2.75) is 6.54 Å². The zero-order valence-electron chi connectivity index (χ0n) is 15.1. The number of nitrogens with one attached hydrogen (secondary N) is 1. The minimum atomic E-state index is -3.83. The summed E-state index contributed by atoms with van der Waals surface area (Å²) in [6, 6.07) is 10.7. The van der Waals surface area contributed by atoms with Crippen molar-refractivity contribution in [1.29, 1.82) is 0 Å². The Labute approximate surface area is 167 Å². The number of carbonyl (C=O) groups excluding carboxylic acids is 1. The van der Waals surface area contributed by atoms with Crippen LogP contribution in [0.3, 0.4) is 0 Å². The van der Waals surface area contributed by atoms with Crippen LogP contribution in [0.4, 0.5) is 10.1 Å². The van der Waals surface area contributed by atoms with Crippen molar-refractivity contribution in [3.05, 3.63) is 58.9 Å². The van der Waals surface area contributed by atoms with Crippen molar-refractivity contribution in [3.8, 4) is 5.75 Å². The number of benzene rings is 2. The van der Waals surface area contributed by atoms with Crippen LogP contribution >= 0.6 is 11.6 Å². The van der Waals surface area contributed by atoms with Gasteiger partial charge >= 0.3 is 0 Å². The number of nitrogens with zero attached hydrogens (tertiary/aromatic N) is 2. The molecule has 1 N–H and O–H groups in total. The van der Waals surface area contributed by atoms with Crippen molar-refractivity contribution in [3.63, 3.8) is 0 Å². The van der Waals surface area contributed by atoms with E-state index in [0.717, 1.165) is 10.4 Å². The minimum Gasteiger partial charge on any atom is -0.495 e. The van der Waals surface area contributed by atoms with Gasteiger partial charge in [0.15, 0.2) is 0 Å². The van der Waals surface area contributed by atoms with Gasteiger partial charge in [0.25, 0.3) is 10.2 Å². The molecule has 1 amide bonds. The molecule has 2 aromatic rings. The minimum absolute atomic E-state index is 0.00603. The summed E-state index contributed by atoms with van der Waals surface area (Å²) in [7, 11) is -2.35. The molecule has 1 aliphatic heterocycles. The quantitative estimate of drug-likeness (QED) is 0.768. The van der Waals surface area contributed by atoms with Gasteiger partial charge in [-0.15, -0.1) is 0 Å². The van der Waals surface area contributed by atoms with E-state index >= 15 is 0 Å². The summed E-state index contributed by atoms with van der Waals surface area (Å²) in [4.78, 5) is 12.3. The fraction of sp³-hybridized carbons (Fsp3) is 0.278. The van der Waals surface area contributed by atoms with E-state index < -0.39 is 21.9 Å². The predicted octanol–water partition coefficient (Wildman–Crippen LogP) is 2.49. The van der Waals surface area contributed by atoms with Gasteiger partial charge in [0, 0.05) is 24.7 Å². The molecule has 0 bridgehead atoms. The average molecular weight is 428 g/mol. The molecule has 2 aromatic carbocycles. The van der Waals surface area contributed by atoms with Crippen LogP contribution < -0.4 is 10.1 Å². The third kappa shape index (κ3) is 4.44. The molecule has 1 saturated heterocycles. The first-order valence-electron chi connectivity index (χ1n) is 8.43. The van der Waals surface area contributed by atoms with Gasteiger partial charge in [0.2, 0.25) is 5.91 Å². The largest absolute Gasteiger partial charge is 0.495 e. The number of anilines is 1. The van der Waals surface area contributed by atoms with Crippen LogP contribution in [-0.4, -0.2) is 49.7 Å². The van der Waals surface area contributed by atoms with E-state index in [1.54, 1.807) is 24.3 Å². The highest BCUT2D eigenvalue weighted by Crippen LogP contribution is 2.25. The van der Waals surface area contributed by atoms with Crippen LogP contribution in [0, 0.1) is 5.82 Å². The lowest BCUT2D eigenvalue weighted by Gasteiger charge is -2.19. The molecular formula is C18H19ClFN3O4S. The zero-order valence-corrected chi connectivity index (χ0v) is 16.6. The van der Waals surface area contributed by atoms with Crippen molar-refractivity contribution in [1.82, 2.24) is 8.61 Å². The Morgan fingerprint density at radius 2 is 1.93 bits per heavy atom. The molecule has 0 radical (unpaired) electrons. The van der Waals surface area contributed by atoms with Gasteiger partial charge < -0.3 is 10.1 Å². The van der Waals surface area contributed by atoms with Gasteiger partial charge in [-0.2, -0.15) is 17.0 Å². The predicted molar refractivity (Wildman–Crippen MR) is 104 cm³/mol. The number of para-hydroxylation sites is 2. The lowest BCUT2D eigenvalue weighted by Crippen LogP contribution is -2.37. The first-order chi connectivity index (χ1) is 13.3. The molecule has 150 valence electrons. The topological polar surface area (TPSA) is 79.0 Å². The summed E-state index contributed by atoms with van der Waals surface area (Å²) in [5, 5.41) is 2.81. The van der Waals surface area contributed by atoms with E-state index in [1.807, 2.05) is 0 Å². The third-order valence-electron chi connectivity index (χ3n) is 4.31. The number of hydrogen-bond donors (Lipinski definition) is 1. The summed E-state index contributed by atoms with van der Waals surface area (Å²) in [6.07, 6.45) is 0. The van der Waals surface area contributed by atoms with Crippen LogP contribution in [0.15, 0.2) is 42.5 Å². The second-order valence-corrected chi connectivity index (χ2v) is 8.49. The number of ether oxygens (including phenoxy) is 1. The fourth-order valence-corrected chi connectivity index (χ4v) is 4.64. The Bertz CT molecular complexity index is 987. The Morgan fingerprint density at radius 3 is 2.64 bits per heavy atom. The number of amides is 1. The molecule has 10 heteroatoms. The number of carbonyl (C=O) groups is 1. The molecule has 3 rings (SSSR count). The molecule has 0 atom stereocenters. The standard InChI is InChI=1S/C18H19ClFN3O4S/c1-27-17-5-3-2-4-16(17)21-18(24)12-23-9-8-22(28(23,25)26)11-13-6-7-14(20)10-15(13)19/h2-7,10H,8-9,11-12H2,1H3,(H,21,24). The van der Waals surface area contributed by atoms with Crippen molar-refractivity contribution in [2.24, 2.45) is 0 Å². The Hall–Kier alpha value is -2.20. The number of methoxy groups -OCH3 is 1. The Balaban J connectivity index is 1.66. The van der Waals surface area contributed by atoms with Gasteiger partial charge in [0.05, 0.1) is 19.3 Å². The van der Waals surface area contributed by atoms with Crippen molar-refractivity contribution >= 4 is 33.4 Å². The summed E-state index contributed by atoms with van der Waals surface area (Å²) >= 11 is 5.99. The highest BCUT2D eigenvalue weighted by molar-refractivity contribution is 7.87. The highest BCUT2D eigenvalue weighted by Gasteiger charge is 2.37. The lowest BCUT2D eigenvalue weighted by molar-refractivity contribution is -0.116. The van der Waals surface area contributed by atoms with Crippen LogP contribution in [0.5, 0.6) is 5.75 Å². The van der Waals surface area contributed by atoms with Crippen LogP contribution in [0.2, 0.25) is 5.02 Å². The summed E-state index contributed by atoms with van der Waals surface area (Å²) in [5.74, 6) is -0.491. The third-order valence-corrected chi connectivity index (χ3v) is 6.59. The van der Waals surface area contributed by atoms with E-state index in [4.69, 9.17) is 16.3 Å². The molecule has 7 nitrogen and oxygen atoms in total. The molecule has 0 aromatic heterocycles. The first kappa shape index (κ1) is 20.5. The molecule has 0 unspecified atom stereocenters. The zero-order chi connectivity index (χ0) is 20.3. The number of halogens is 2. The van der Waals surface area contributed by atoms with E-state index in [1.165, 1.54) is 23.5 Å². The number of hydrogen-bond acceptors (Lipinski definition) is 4. The van der Waals surface area contributed by atoms with Gasteiger partial charge in [0.1, 0.15) is 11.6 Å². The molecule has 0 aliphatic carbocycles. The van der Waals surface area contributed by atoms with E-state index in [-0.39, 0.29) is 31.2 Å². The van der Waals surface area contributed by atoms with Crippen molar-refractivity contribution in [2.75, 3.05) is 32.1 Å². The normalized spacial score (nSPS) is 16.8. The monoisotopic (exact) mass is 427 g/mol. The van der Waals surface area contributed by atoms with Crippen molar-refractivity contribution < 1.29 is 22.3 Å². The summed E-state index contributed by atoms with van der Waals surface area (Å²) in [6.45, 7) is 0.0541. The van der Waals surface area contributed by atoms with E-state index in [9.17, 15) is 17.6 Å². The van der Waals surface area contributed by atoms with Gasteiger partial charge in [-0.1, -0.05) is 29.8 Å². The molecule has 1 aliphatic rings. The Kier molecular flexibility index (Phi) is 6.19. The second-order valence-electron chi connectivity index (χ2n) is 6.16. The molecule has 0 saturated carbocycles. The lowest BCUT2D eigenvalue weighted by atomic mass is 10.2. The maximum atomic E-state index is 13.2.